The van der Waals surface area contributed by atoms with Crippen molar-refractivity contribution in [3.05, 3.63) is 34.5 Å². The molecule has 0 fully saturated rings. The van der Waals surface area contributed by atoms with Gasteiger partial charge in [-0.05, 0) is 18.4 Å². The lowest BCUT2D eigenvalue weighted by atomic mass is 10.1. The second-order valence-electron chi connectivity index (χ2n) is 4.50. The van der Waals surface area contributed by atoms with Crippen LogP contribution in [0.25, 0.3) is 11.3 Å². The van der Waals surface area contributed by atoms with E-state index in [1.807, 2.05) is 0 Å². The highest BCUT2D eigenvalue weighted by molar-refractivity contribution is 7.98. The number of nitrogens with zero attached hydrogens (tertiary/aromatic N) is 1. The fourth-order valence-electron chi connectivity index (χ4n) is 2.09. The molecule has 0 saturated heterocycles. The van der Waals surface area contributed by atoms with Crippen molar-refractivity contribution in [2.45, 2.75) is 4.90 Å². The SMILES string of the molecule is COC(=O)c1nc(-c2ccc(Cl)c(OC)c2F)c(F)c(N)c1SC. The fourth-order valence-corrected chi connectivity index (χ4v) is 2.94. The molecule has 1 aromatic heterocycles. The molecule has 24 heavy (non-hydrogen) atoms. The number of hydrogen-bond donors (Lipinski definition) is 1. The van der Waals surface area contributed by atoms with Gasteiger partial charge in [0.05, 0.1) is 29.8 Å². The Morgan fingerprint density at radius 1 is 1.29 bits per heavy atom. The van der Waals surface area contributed by atoms with E-state index >= 15 is 0 Å². The summed E-state index contributed by atoms with van der Waals surface area (Å²) in [6, 6.07) is 2.56. The lowest BCUT2D eigenvalue weighted by Crippen LogP contribution is -2.12. The van der Waals surface area contributed by atoms with Crippen LogP contribution in [-0.4, -0.2) is 31.4 Å². The van der Waals surface area contributed by atoms with E-state index in [1.165, 1.54) is 19.2 Å². The van der Waals surface area contributed by atoms with Crippen LogP contribution in [0.3, 0.4) is 0 Å². The van der Waals surface area contributed by atoms with Gasteiger partial charge in [0.15, 0.2) is 23.1 Å². The van der Waals surface area contributed by atoms with Gasteiger partial charge in [-0.25, -0.2) is 18.6 Å². The number of hydrogen-bond acceptors (Lipinski definition) is 6. The standard InChI is InChI=1S/C15H13ClF2N2O3S/c1-22-13-7(16)5-4-6(8(13)17)11-9(18)10(19)14(24-3)12(20-11)15(21)23-2/h4-5H,1-3H3,(H2,19,20). The number of carbonyl (C=O) groups is 1. The third kappa shape index (κ3) is 2.99. The first-order valence-electron chi connectivity index (χ1n) is 6.50. The molecule has 0 spiro atoms. The Balaban J connectivity index is 2.81. The third-order valence-electron chi connectivity index (χ3n) is 3.22. The molecule has 0 aliphatic rings. The average molecular weight is 375 g/mol. The lowest BCUT2D eigenvalue weighted by Gasteiger charge is -2.14. The second-order valence-corrected chi connectivity index (χ2v) is 5.73. The van der Waals surface area contributed by atoms with E-state index in [2.05, 4.69) is 9.72 Å². The molecule has 0 radical (unpaired) electrons. The van der Waals surface area contributed by atoms with Crippen molar-refractivity contribution in [2.24, 2.45) is 0 Å². The average Bonchev–Trinajstić information content (AvgIpc) is 2.57. The number of nitrogen functional groups attached to an aromatic ring is 1. The Morgan fingerprint density at radius 2 is 1.96 bits per heavy atom. The van der Waals surface area contributed by atoms with Crippen molar-refractivity contribution < 1.29 is 23.0 Å². The zero-order valence-electron chi connectivity index (χ0n) is 12.9. The number of methoxy groups -OCH3 is 2. The summed E-state index contributed by atoms with van der Waals surface area (Å²) in [6.45, 7) is 0. The molecule has 0 saturated carbocycles. The zero-order valence-corrected chi connectivity index (χ0v) is 14.5. The number of nitrogens with two attached hydrogens (primary N) is 1. The summed E-state index contributed by atoms with van der Waals surface area (Å²) in [7, 11) is 2.38. The van der Waals surface area contributed by atoms with Crippen LogP contribution in [0.4, 0.5) is 14.5 Å². The van der Waals surface area contributed by atoms with Crippen molar-refractivity contribution in [1.82, 2.24) is 4.98 Å². The summed E-state index contributed by atoms with van der Waals surface area (Å²) < 4.78 is 38.6. The fraction of sp³-hybridized carbons (Fsp3) is 0.200. The van der Waals surface area contributed by atoms with Crippen LogP contribution in [0, 0.1) is 11.6 Å². The Bertz CT molecular complexity index is 818. The minimum absolute atomic E-state index is 0.0149. The molecule has 0 aliphatic heterocycles. The van der Waals surface area contributed by atoms with Gasteiger partial charge >= 0.3 is 5.97 Å². The molecule has 128 valence electrons. The van der Waals surface area contributed by atoms with Crippen LogP contribution < -0.4 is 10.5 Å². The third-order valence-corrected chi connectivity index (χ3v) is 4.34. The predicted molar refractivity (Wildman–Crippen MR) is 88.7 cm³/mol. The maximum absolute atomic E-state index is 14.6. The van der Waals surface area contributed by atoms with Crippen molar-refractivity contribution in [1.29, 1.82) is 0 Å². The number of anilines is 1. The molecule has 0 atom stereocenters. The number of pyridine rings is 1. The normalized spacial score (nSPS) is 10.6. The first-order chi connectivity index (χ1) is 11.4. The van der Waals surface area contributed by atoms with E-state index < -0.39 is 23.3 Å². The number of carbonyl (C=O) groups excluding carboxylic acids is 1. The minimum Gasteiger partial charge on any atom is -0.492 e. The highest BCUT2D eigenvalue weighted by Crippen LogP contribution is 2.38. The lowest BCUT2D eigenvalue weighted by molar-refractivity contribution is 0.0590. The molecule has 9 heteroatoms. The first kappa shape index (κ1) is 18.3. The molecule has 0 amide bonds. The number of halogens is 3. The molecule has 1 aromatic carbocycles. The van der Waals surface area contributed by atoms with Gasteiger partial charge in [-0.3, -0.25) is 0 Å². The molecule has 0 bridgehead atoms. The van der Waals surface area contributed by atoms with Gasteiger partial charge in [-0.1, -0.05) is 11.6 Å². The number of benzene rings is 1. The number of thioether (sulfide) groups is 1. The summed E-state index contributed by atoms with van der Waals surface area (Å²) >= 11 is 6.86. The van der Waals surface area contributed by atoms with Gasteiger partial charge < -0.3 is 15.2 Å². The molecule has 2 aromatic rings. The van der Waals surface area contributed by atoms with Crippen LogP contribution in [-0.2, 0) is 4.74 Å². The summed E-state index contributed by atoms with van der Waals surface area (Å²) in [5.41, 5.74) is 4.56. The Morgan fingerprint density at radius 3 is 2.50 bits per heavy atom. The van der Waals surface area contributed by atoms with Gasteiger partial charge in [-0.15, -0.1) is 11.8 Å². The summed E-state index contributed by atoms with van der Waals surface area (Å²) in [6.07, 6.45) is 1.60. The number of ether oxygens (including phenoxy) is 2. The highest BCUT2D eigenvalue weighted by atomic mass is 35.5. The van der Waals surface area contributed by atoms with Crippen molar-refractivity contribution >= 4 is 35.0 Å². The molecule has 2 rings (SSSR count). The Labute approximate surface area is 146 Å². The quantitative estimate of drug-likeness (QED) is 0.648. The number of aromatic nitrogens is 1. The van der Waals surface area contributed by atoms with E-state index in [9.17, 15) is 13.6 Å². The van der Waals surface area contributed by atoms with E-state index in [4.69, 9.17) is 22.1 Å². The maximum Gasteiger partial charge on any atom is 0.357 e. The van der Waals surface area contributed by atoms with E-state index in [0.29, 0.717) is 0 Å². The Kier molecular flexibility index (Phi) is 5.51. The molecular formula is C15H13ClF2N2O3S. The smallest absolute Gasteiger partial charge is 0.357 e. The van der Waals surface area contributed by atoms with E-state index in [0.717, 1.165) is 18.9 Å². The van der Waals surface area contributed by atoms with Gasteiger partial charge in [-0.2, -0.15) is 0 Å². The van der Waals surface area contributed by atoms with Crippen LogP contribution in [0.1, 0.15) is 10.5 Å². The van der Waals surface area contributed by atoms with Crippen LogP contribution in [0.15, 0.2) is 17.0 Å². The molecule has 5 nitrogen and oxygen atoms in total. The minimum atomic E-state index is -0.949. The monoisotopic (exact) mass is 374 g/mol. The molecule has 1 heterocycles. The molecule has 2 N–H and O–H groups in total. The number of rotatable bonds is 4. The van der Waals surface area contributed by atoms with Gasteiger partial charge in [0.25, 0.3) is 0 Å². The van der Waals surface area contributed by atoms with Crippen LogP contribution in [0.5, 0.6) is 5.75 Å². The van der Waals surface area contributed by atoms with Gasteiger partial charge in [0.2, 0.25) is 0 Å². The summed E-state index contributed by atoms with van der Waals surface area (Å²) in [4.78, 5) is 15.9. The first-order valence-corrected chi connectivity index (χ1v) is 8.11. The topological polar surface area (TPSA) is 74.4 Å². The largest absolute Gasteiger partial charge is 0.492 e. The van der Waals surface area contributed by atoms with E-state index in [1.54, 1.807) is 6.26 Å². The summed E-state index contributed by atoms with van der Waals surface area (Å²) in [5, 5.41) is 0.0149. The van der Waals surface area contributed by atoms with Gasteiger partial charge in [0, 0.05) is 5.56 Å². The molecule has 0 aliphatic carbocycles. The van der Waals surface area contributed by atoms with Crippen LogP contribution >= 0.6 is 23.4 Å². The van der Waals surface area contributed by atoms with Crippen molar-refractivity contribution in [3.63, 3.8) is 0 Å². The number of esters is 1. The predicted octanol–water partition coefficient (Wildman–Crippen LogP) is 3.78. The van der Waals surface area contributed by atoms with Crippen molar-refractivity contribution in [3.8, 4) is 17.0 Å². The summed E-state index contributed by atoms with van der Waals surface area (Å²) in [5.74, 6) is -2.94. The zero-order chi connectivity index (χ0) is 18.0. The second kappa shape index (κ2) is 7.23. The van der Waals surface area contributed by atoms with Crippen molar-refractivity contribution in [2.75, 3.05) is 26.2 Å². The maximum atomic E-state index is 14.6. The van der Waals surface area contributed by atoms with Gasteiger partial charge in [0.1, 0.15) is 5.69 Å². The van der Waals surface area contributed by atoms with E-state index in [-0.39, 0.29) is 32.6 Å². The van der Waals surface area contributed by atoms with Crippen LogP contribution in [0.2, 0.25) is 5.02 Å². The highest BCUT2D eigenvalue weighted by Gasteiger charge is 2.26. The Hall–Kier alpha value is -2.06. The molecular weight excluding hydrogens is 362 g/mol. The molecule has 0 unspecified atom stereocenters.